The molecule has 0 fully saturated rings. The van der Waals surface area contributed by atoms with Crippen LogP contribution in [0.15, 0.2) is 36.4 Å². The summed E-state index contributed by atoms with van der Waals surface area (Å²) in [6.45, 7) is 0. The van der Waals surface area contributed by atoms with Gasteiger partial charge in [-0.25, -0.2) is 0 Å². The largest absolute Gasteiger partial charge is 0.497 e. The summed E-state index contributed by atoms with van der Waals surface area (Å²) >= 11 is 0. The minimum Gasteiger partial charge on any atom is -0.497 e. The molecule has 0 saturated heterocycles. The Bertz CT molecular complexity index is 685. The molecule has 0 saturated carbocycles. The maximum atomic E-state index is 5.35. The van der Waals surface area contributed by atoms with Crippen LogP contribution in [0.3, 0.4) is 0 Å². The van der Waals surface area contributed by atoms with Crippen LogP contribution in [0.4, 0.5) is 0 Å². The molecule has 1 heterocycles. The molecule has 0 bridgehead atoms. The number of nitrogens with one attached hydrogen (secondary N) is 1. The standard InChI is InChI=1S/C14H13NO2/c1-16-9-6-7-12-11(8-9)10-4-3-5-13(17-2)14(10)15-12/h3-8,15H,1-2H3. The monoisotopic (exact) mass is 227 g/mol. The summed E-state index contributed by atoms with van der Waals surface area (Å²) < 4.78 is 10.6. The van der Waals surface area contributed by atoms with Crippen LogP contribution < -0.4 is 9.47 Å². The van der Waals surface area contributed by atoms with E-state index in [1.807, 2.05) is 30.3 Å². The molecule has 0 aliphatic carbocycles. The van der Waals surface area contributed by atoms with Crippen LogP contribution in [-0.2, 0) is 0 Å². The van der Waals surface area contributed by atoms with Gasteiger partial charge in [-0.05, 0) is 24.3 Å². The lowest BCUT2D eigenvalue weighted by Crippen LogP contribution is -1.82. The SMILES string of the molecule is COc1ccc2[nH]c3c(OC)cccc3c2c1. The van der Waals surface area contributed by atoms with E-state index in [0.29, 0.717) is 0 Å². The number of benzene rings is 2. The summed E-state index contributed by atoms with van der Waals surface area (Å²) in [5, 5.41) is 2.30. The van der Waals surface area contributed by atoms with Gasteiger partial charge in [0, 0.05) is 16.3 Å². The van der Waals surface area contributed by atoms with E-state index in [4.69, 9.17) is 9.47 Å². The van der Waals surface area contributed by atoms with Crippen molar-refractivity contribution in [3.05, 3.63) is 36.4 Å². The minimum absolute atomic E-state index is 0.859. The second kappa shape index (κ2) is 3.70. The van der Waals surface area contributed by atoms with Crippen molar-refractivity contribution in [3.63, 3.8) is 0 Å². The normalized spacial score (nSPS) is 10.9. The molecule has 3 heteroatoms. The van der Waals surface area contributed by atoms with Crippen LogP contribution in [0.2, 0.25) is 0 Å². The fourth-order valence-electron chi connectivity index (χ4n) is 2.17. The van der Waals surface area contributed by atoms with Gasteiger partial charge in [-0.1, -0.05) is 12.1 Å². The second-order valence-corrected chi connectivity index (χ2v) is 3.92. The molecule has 86 valence electrons. The molecule has 1 N–H and O–H groups in total. The zero-order chi connectivity index (χ0) is 11.8. The van der Waals surface area contributed by atoms with Crippen molar-refractivity contribution in [2.45, 2.75) is 0 Å². The Morgan fingerprint density at radius 3 is 2.59 bits per heavy atom. The fraction of sp³-hybridized carbons (Fsp3) is 0.143. The number of para-hydroxylation sites is 1. The van der Waals surface area contributed by atoms with Crippen LogP contribution in [0, 0.1) is 0 Å². The summed E-state index contributed by atoms with van der Waals surface area (Å²) in [5.74, 6) is 1.72. The molecule has 17 heavy (non-hydrogen) atoms. The van der Waals surface area contributed by atoms with Gasteiger partial charge in [0.1, 0.15) is 11.5 Å². The topological polar surface area (TPSA) is 34.2 Å². The summed E-state index contributed by atoms with van der Waals surface area (Å²) in [6, 6.07) is 12.0. The van der Waals surface area contributed by atoms with Gasteiger partial charge in [0.15, 0.2) is 0 Å². The third kappa shape index (κ3) is 1.43. The molecular weight excluding hydrogens is 214 g/mol. The fourth-order valence-corrected chi connectivity index (χ4v) is 2.17. The first kappa shape index (κ1) is 10.0. The van der Waals surface area contributed by atoms with Gasteiger partial charge in [0.2, 0.25) is 0 Å². The van der Waals surface area contributed by atoms with Gasteiger partial charge < -0.3 is 14.5 Å². The van der Waals surface area contributed by atoms with Crippen molar-refractivity contribution < 1.29 is 9.47 Å². The molecule has 2 aromatic carbocycles. The predicted octanol–water partition coefficient (Wildman–Crippen LogP) is 3.34. The molecule has 0 radical (unpaired) electrons. The zero-order valence-corrected chi connectivity index (χ0v) is 9.78. The van der Waals surface area contributed by atoms with Crippen molar-refractivity contribution in [3.8, 4) is 11.5 Å². The van der Waals surface area contributed by atoms with Crippen molar-refractivity contribution in [2.24, 2.45) is 0 Å². The molecule has 0 spiro atoms. The number of hydrogen-bond acceptors (Lipinski definition) is 2. The van der Waals surface area contributed by atoms with Crippen LogP contribution in [0.1, 0.15) is 0 Å². The van der Waals surface area contributed by atoms with Crippen LogP contribution in [0.5, 0.6) is 11.5 Å². The van der Waals surface area contributed by atoms with Crippen LogP contribution >= 0.6 is 0 Å². The first-order chi connectivity index (χ1) is 8.33. The highest BCUT2D eigenvalue weighted by atomic mass is 16.5. The molecule has 0 aliphatic heterocycles. The Hall–Kier alpha value is -2.16. The van der Waals surface area contributed by atoms with Crippen molar-refractivity contribution in [2.75, 3.05) is 14.2 Å². The average Bonchev–Trinajstić information content (AvgIpc) is 2.76. The van der Waals surface area contributed by atoms with E-state index in [1.54, 1.807) is 14.2 Å². The lowest BCUT2D eigenvalue weighted by Gasteiger charge is -2.00. The molecule has 3 aromatic rings. The van der Waals surface area contributed by atoms with Crippen LogP contribution in [-0.4, -0.2) is 19.2 Å². The number of ether oxygens (including phenoxy) is 2. The zero-order valence-electron chi connectivity index (χ0n) is 9.78. The number of aromatic nitrogens is 1. The quantitative estimate of drug-likeness (QED) is 0.728. The number of aromatic amines is 1. The lowest BCUT2D eigenvalue weighted by molar-refractivity contribution is 0.415. The molecule has 0 amide bonds. The predicted molar refractivity (Wildman–Crippen MR) is 68.9 cm³/mol. The lowest BCUT2D eigenvalue weighted by atomic mass is 10.1. The maximum Gasteiger partial charge on any atom is 0.142 e. The molecule has 0 unspecified atom stereocenters. The van der Waals surface area contributed by atoms with Gasteiger partial charge in [-0.2, -0.15) is 0 Å². The highest BCUT2D eigenvalue weighted by Crippen LogP contribution is 2.33. The number of methoxy groups -OCH3 is 2. The molecule has 0 atom stereocenters. The Labute approximate surface area is 99.0 Å². The Kier molecular flexibility index (Phi) is 2.18. The van der Waals surface area contributed by atoms with E-state index in [1.165, 1.54) is 0 Å². The third-order valence-corrected chi connectivity index (χ3v) is 3.02. The summed E-state index contributed by atoms with van der Waals surface area (Å²) in [6.07, 6.45) is 0. The van der Waals surface area contributed by atoms with Gasteiger partial charge in [-0.3, -0.25) is 0 Å². The van der Waals surface area contributed by atoms with Crippen molar-refractivity contribution in [1.82, 2.24) is 4.98 Å². The number of rotatable bonds is 2. The molecule has 0 aliphatic rings. The van der Waals surface area contributed by atoms with E-state index in [9.17, 15) is 0 Å². The van der Waals surface area contributed by atoms with Gasteiger partial charge >= 0.3 is 0 Å². The third-order valence-electron chi connectivity index (χ3n) is 3.02. The smallest absolute Gasteiger partial charge is 0.142 e. The van der Waals surface area contributed by atoms with Gasteiger partial charge in [-0.15, -0.1) is 0 Å². The molecule has 3 nitrogen and oxygen atoms in total. The number of H-pyrrole nitrogens is 1. The summed E-state index contributed by atoms with van der Waals surface area (Å²) in [4.78, 5) is 3.37. The maximum absolute atomic E-state index is 5.35. The van der Waals surface area contributed by atoms with E-state index in [2.05, 4.69) is 11.1 Å². The molecular formula is C14H13NO2. The van der Waals surface area contributed by atoms with Crippen LogP contribution in [0.25, 0.3) is 21.8 Å². The van der Waals surface area contributed by atoms with Gasteiger partial charge in [0.25, 0.3) is 0 Å². The Balaban J connectivity index is 2.42. The summed E-state index contributed by atoms with van der Waals surface area (Å²) in [7, 11) is 3.36. The van der Waals surface area contributed by atoms with E-state index in [0.717, 1.165) is 33.3 Å². The molecule has 3 rings (SSSR count). The first-order valence-corrected chi connectivity index (χ1v) is 5.46. The number of hydrogen-bond donors (Lipinski definition) is 1. The number of fused-ring (bicyclic) bond motifs is 3. The Morgan fingerprint density at radius 1 is 0.941 bits per heavy atom. The Morgan fingerprint density at radius 2 is 1.82 bits per heavy atom. The minimum atomic E-state index is 0.859. The summed E-state index contributed by atoms with van der Waals surface area (Å²) in [5.41, 5.74) is 2.11. The first-order valence-electron chi connectivity index (χ1n) is 5.46. The second-order valence-electron chi connectivity index (χ2n) is 3.92. The van der Waals surface area contributed by atoms with Crippen molar-refractivity contribution >= 4 is 21.8 Å². The average molecular weight is 227 g/mol. The van der Waals surface area contributed by atoms with E-state index >= 15 is 0 Å². The van der Waals surface area contributed by atoms with Crippen molar-refractivity contribution in [1.29, 1.82) is 0 Å². The van der Waals surface area contributed by atoms with E-state index < -0.39 is 0 Å². The van der Waals surface area contributed by atoms with Gasteiger partial charge in [0.05, 0.1) is 19.7 Å². The highest BCUT2D eigenvalue weighted by Gasteiger charge is 2.08. The highest BCUT2D eigenvalue weighted by molar-refractivity contribution is 6.09. The van der Waals surface area contributed by atoms with E-state index in [-0.39, 0.29) is 0 Å². The molecule has 1 aromatic heterocycles.